The Hall–Kier alpha value is -1.83. The average molecular weight is 396 g/mol. The van der Waals surface area contributed by atoms with Gasteiger partial charge in [0.05, 0.1) is 23.7 Å². The summed E-state index contributed by atoms with van der Waals surface area (Å²) in [4.78, 5) is 0.921. The molecule has 4 heteroatoms. The highest BCUT2D eigenvalue weighted by atomic mass is 32.2. The van der Waals surface area contributed by atoms with Crippen molar-refractivity contribution in [1.29, 1.82) is 5.26 Å². The van der Waals surface area contributed by atoms with Crippen molar-refractivity contribution in [3.63, 3.8) is 0 Å². The predicted molar refractivity (Wildman–Crippen MR) is 111 cm³/mol. The maximum Gasteiger partial charge on any atom is 0.124 e. The second kappa shape index (κ2) is 7.89. The smallest absolute Gasteiger partial charge is 0.124 e. The Bertz CT molecular complexity index is 864. The van der Waals surface area contributed by atoms with E-state index in [2.05, 4.69) is 24.3 Å². The van der Waals surface area contributed by atoms with Crippen LogP contribution >= 0.6 is 11.8 Å². The molecule has 0 atom stereocenters. The van der Waals surface area contributed by atoms with Gasteiger partial charge in [-0.3, -0.25) is 0 Å². The molecule has 28 heavy (non-hydrogen) atoms. The maximum absolute atomic E-state index is 14.3. The lowest BCUT2D eigenvalue weighted by atomic mass is 9.64. The third kappa shape index (κ3) is 3.83. The number of benzene rings is 2. The van der Waals surface area contributed by atoms with Crippen molar-refractivity contribution in [2.75, 3.05) is 12.9 Å². The van der Waals surface area contributed by atoms with Gasteiger partial charge in [0, 0.05) is 4.90 Å². The zero-order valence-electron chi connectivity index (χ0n) is 16.3. The Morgan fingerprint density at radius 1 is 1.07 bits per heavy atom. The highest BCUT2D eigenvalue weighted by Gasteiger charge is 2.46. The Labute approximate surface area is 171 Å². The van der Waals surface area contributed by atoms with Gasteiger partial charge < -0.3 is 4.74 Å². The summed E-state index contributed by atoms with van der Waals surface area (Å²) in [5.41, 5.74) is 1.03. The van der Waals surface area contributed by atoms with Gasteiger partial charge in [-0.1, -0.05) is 30.3 Å². The van der Waals surface area contributed by atoms with Crippen LogP contribution in [0.25, 0.3) is 0 Å². The topological polar surface area (TPSA) is 33.0 Å². The third-order valence-electron chi connectivity index (χ3n) is 6.38. The van der Waals surface area contributed by atoms with Crippen LogP contribution in [0.5, 0.6) is 0 Å². The van der Waals surface area contributed by atoms with E-state index in [9.17, 15) is 9.65 Å². The first-order chi connectivity index (χ1) is 13.6. The average Bonchev–Trinajstić information content (AvgIpc) is 3.57. The van der Waals surface area contributed by atoms with E-state index in [4.69, 9.17) is 4.74 Å². The fraction of sp³-hybridized carbons (Fsp3) is 0.458. The molecule has 0 aromatic heterocycles. The summed E-state index contributed by atoms with van der Waals surface area (Å²) in [6.07, 6.45) is 7.33. The molecule has 0 radical (unpaired) electrons. The molecule has 0 bridgehead atoms. The molecule has 4 rings (SSSR count). The predicted octanol–water partition coefficient (Wildman–Crippen LogP) is 6.21. The van der Waals surface area contributed by atoms with Crippen LogP contribution in [-0.2, 0) is 15.8 Å². The molecule has 2 nitrogen and oxygen atoms in total. The summed E-state index contributed by atoms with van der Waals surface area (Å²) in [6.45, 7) is 0.732. The van der Waals surface area contributed by atoms with Crippen LogP contribution in [0.2, 0.25) is 0 Å². The van der Waals surface area contributed by atoms with Gasteiger partial charge in [0.2, 0.25) is 0 Å². The van der Waals surface area contributed by atoms with Gasteiger partial charge in [-0.25, -0.2) is 4.39 Å². The Morgan fingerprint density at radius 3 is 2.39 bits per heavy atom. The van der Waals surface area contributed by atoms with E-state index in [1.807, 2.05) is 24.5 Å². The third-order valence-corrected chi connectivity index (χ3v) is 7.08. The molecule has 2 fully saturated rings. The van der Waals surface area contributed by atoms with Crippen LogP contribution in [0.15, 0.2) is 53.4 Å². The van der Waals surface area contributed by atoms with E-state index in [0.29, 0.717) is 5.92 Å². The number of halogens is 1. The van der Waals surface area contributed by atoms with Gasteiger partial charge in [-0.05, 0) is 80.0 Å². The maximum atomic E-state index is 14.3. The molecule has 2 aromatic rings. The molecule has 2 aliphatic carbocycles. The van der Waals surface area contributed by atoms with Crippen LogP contribution in [0.3, 0.4) is 0 Å². The Morgan fingerprint density at radius 2 is 1.79 bits per heavy atom. The lowest BCUT2D eigenvalue weighted by Gasteiger charge is -2.44. The molecule has 0 spiro atoms. The molecule has 2 aliphatic rings. The molecule has 0 aliphatic heterocycles. The number of rotatable bonds is 6. The van der Waals surface area contributed by atoms with Crippen molar-refractivity contribution in [2.45, 2.75) is 54.4 Å². The molecule has 2 aromatic carbocycles. The second-order valence-corrected chi connectivity index (χ2v) is 9.07. The van der Waals surface area contributed by atoms with E-state index >= 15 is 0 Å². The van der Waals surface area contributed by atoms with E-state index in [-0.39, 0.29) is 5.82 Å². The van der Waals surface area contributed by atoms with E-state index in [0.717, 1.165) is 48.3 Å². The summed E-state index contributed by atoms with van der Waals surface area (Å²) in [7, 11) is 0. The minimum atomic E-state index is -0.496. The van der Waals surface area contributed by atoms with Crippen molar-refractivity contribution in [3.05, 3.63) is 65.5 Å². The molecule has 0 amide bonds. The van der Waals surface area contributed by atoms with Crippen molar-refractivity contribution in [3.8, 4) is 6.07 Å². The Kier molecular flexibility index (Phi) is 5.49. The first kappa shape index (κ1) is 19.5. The van der Waals surface area contributed by atoms with Crippen molar-refractivity contribution >= 4 is 11.8 Å². The van der Waals surface area contributed by atoms with Gasteiger partial charge in [-0.2, -0.15) is 5.26 Å². The number of thioether (sulfide) groups is 1. The van der Waals surface area contributed by atoms with Crippen LogP contribution < -0.4 is 0 Å². The van der Waals surface area contributed by atoms with E-state index in [1.165, 1.54) is 12.8 Å². The Balaban J connectivity index is 1.65. The first-order valence-corrected chi connectivity index (χ1v) is 11.3. The molecule has 2 saturated carbocycles. The lowest BCUT2D eigenvalue weighted by molar-refractivity contribution is -0.0883. The lowest BCUT2D eigenvalue weighted by Crippen LogP contribution is -2.41. The van der Waals surface area contributed by atoms with Gasteiger partial charge in [0.15, 0.2) is 0 Å². The SMILES string of the molecule is CSc1cc(F)cc(C2(OCC3CC3)CCC(C#N)(c3ccccc3)CC2)c1. The molecule has 0 N–H and O–H groups in total. The number of ether oxygens (including phenoxy) is 1. The fourth-order valence-corrected chi connectivity index (χ4v) is 4.80. The largest absolute Gasteiger partial charge is 0.370 e. The van der Waals surface area contributed by atoms with Crippen molar-refractivity contribution in [1.82, 2.24) is 0 Å². The highest BCUT2D eigenvalue weighted by Crippen LogP contribution is 2.50. The fourth-order valence-electron chi connectivity index (χ4n) is 4.32. The standard InChI is InChI=1S/C24H26FNOS/c1-28-22-14-20(13-21(25)15-22)24(27-16-18-7-8-18)11-9-23(17-26,10-12-24)19-5-3-2-4-6-19/h2-6,13-15,18H,7-12,16H2,1H3. The molecule has 0 unspecified atom stereocenters. The number of nitrogens with zero attached hydrogens (tertiary/aromatic N) is 1. The van der Waals surface area contributed by atoms with Gasteiger partial charge in [0.1, 0.15) is 5.82 Å². The van der Waals surface area contributed by atoms with E-state index < -0.39 is 11.0 Å². The molecule has 0 saturated heterocycles. The number of hydrogen-bond donors (Lipinski definition) is 0. The van der Waals surface area contributed by atoms with Crippen LogP contribution in [0.4, 0.5) is 4.39 Å². The van der Waals surface area contributed by atoms with E-state index in [1.54, 1.807) is 23.9 Å². The van der Waals surface area contributed by atoms with Crippen LogP contribution in [0.1, 0.15) is 49.7 Å². The van der Waals surface area contributed by atoms with Crippen LogP contribution in [0, 0.1) is 23.1 Å². The summed E-state index contributed by atoms with van der Waals surface area (Å²) < 4.78 is 20.8. The molecule has 146 valence electrons. The molecular weight excluding hydrogens is 369 g/mol. The normalized spacial score (nSPS) is 27.3. The monoisotopic (exact) mass is 395 g/mol. The summed E-state index contributed by atoms with van der Waals surface area (Å²) in [5, 5.41) is 10.0. The van der Waals surface area contributed by atoms with Crippen molar-refractivity contribution in [2.24, 2.45) is 5.92 Å². The van der Waals surface area contributed by atoms with Gasteiger partial charge >= 0.3 is 0 Å². The number of hydrogen-bond acceptors (Lipinski definition) is 3. The van der Waals surface area contributed by atoms with Crippen LogP contribution in [-0.4, -0.2) is 12.9 Å². The minimum Gasteiger partial charge on any atom is -0.370 e. The van der Waals surface area contributed by atoms with Gasteiger partial charge in [0.25, 0.3) is 0 Å². The summed E-state index contributed by atoms with van der Waals surface area (Å²) >= 11 is 1.55. The zero-order valence-corrected chi connectivity index (χ0v) is 17.1. The molecule has 0 heterocycles. The minimum absolute atomic E-state index is 0.212. The highest BCUT2D eigenvalue weighted by molar-refractivity contribution is 7.98. The zero-order chi connectivity index (χ0) is 19.6. The number of nitriles is 1. The molecular formula is C24H26FNOS. The summed E-state index contributed by atoms with van der Waals surface area (Å²) in [6, 6.07) is 18.0. The van der Waals surface area contributed by atoms with Gasteiger partial charge in [-0.15, -0.1) is 11.8 Å². The quantitative estimate of drug-likeness (QED) is 0.546. The summed E-state index contributed by atoms with van der Waals surface area (Å²) in [5.74, 6) is 0.429. The second-order valence-electron chi connectivity index (χ2n) is 8.19. The van der Waals surface area contributed by atoms with Crippen molar-refractivity contribution < 1.29 is 9.13 Å². The first-order valence-electron chi connectivity index (χ1n) is 10.0.